The van der Waals surface area contributed by atoms with Crippen LogP contribution in [0.3, 0.4) is 0 Å². The van der Waals surface area contributed by atoms with Crippen molar-refractivity contribution in [1.29, 1.82) is 0 Å². The number of anilines is 2. The molecule has 1 unspecified atom stereocenters. The van der Waals surface area contributed by atoms with Crippen molar-refractivity contribution in [2.24, 2.45) is 0 Å². The minimum atomic E-state index is -0.625. The molecular formula is C21H25N3O5S. The number of carbonyl (C=O) groups is 2. The number of thiol groups is 1. The van der Waals surface area contributed by atoms with Gasteiger partial charge in [-0.3, -0.25) is 14.6 Å². The first-order valence-electron chi connectivity index (χ1n) is 9.75. The van der Waals surface area contributed by atoms with E-state index in [1.807, 2.05) is 44.2 Å². The lowest BCUT2D eigenvalue weighted by atomic mass is 10.2. The van der Waals surface area contributed by atoms with Crippen LogP contribution in [0.15, 0.2) is 41.3 Å². The quantitative estimate of drug-likeness (QED) is 0.578. The summed E-state index contributed by atoms with van der Waals surface area (Å²) in [5.74, 6) is 0.343. The van der Waals surface area contributed by atoms with Gasteiger partial charge in [0.25, 0.3) is 0 Å². The van der Waals surface area contributed by atoms with E-state index in [2.05, 4.69) is 17.6 Å². The number of carbonyl (C=O) groups excluding carboxylic acids is 2. The molecule has 0 aliphatic carbocycles. The largest absolute Gasteiger partial charge is 0.480 e. The first-order chi connectivity index (χ1) is 14.6. The maximum absolute atomic E-state index is 12.7. The number of hydrogen-bond donors (Lipinski definition) is 1. The zero-order valence-corrected chi connectivity index (χ0v) is 18.1. The number of hydrogen-bond acceptors (Lipinski definition) is 7. The Morgan fingerprint density at radius 2 is 2.00 bits per heavy atom. The number of ether oxygens (including phenoxy) is 3. The van der Waals surface area contributed by atoms with E-state index in [1.165, 1.54) is 16.9 Å². The maximum Gasteiger partial charge on any atom is 0.415 e. The summed E-state index contributed by atoms with van der Waals surface area (Å²) in [6.07, 6.45) is -0.641. The van der Waals surface area contributed by atoms with Crippen LogP contribution in [0, 0.1) is 0 Å². The van der Waals surface area contributed by atoms with Crippen molar-refractivity contribution in [2.75, 3.05) is 36.6 Å². The van der Waals surface area contributed by atoms with Crippen LogP contribution in [0.4, 0.5) is 16.3 Å². The number of rotatable bonds is 5. The zero-order valence-electron chi connectivity index (χ0n) is 17.2. The van der Waals surface area contributed by atoms with Crippen molar-refractivity contribution < 1.29 is 23.8 Å². The van der Waals surface area contributed by atoms with Gasteiger partial charge in [-0.1, -0.05) is 44.2 Å². The van der Waals surface area contributed by atoms with E-state index >= 15 is 0 Å². The third-order valence-corrected chi connectivity index (χ3v) is 4.80. The number of amides is 2. The summed E-state index contributed by atoms with van der Waals surface area (Å²) in [5.41, 5.74) is 1.30. The summed E-state index contributed by atoms with van der Waals surface area (Å²) in [6, 6.07) is 11.0. The SMILES string of the molecule is CC.COc1nc2c(cc1S)N(C(=O)OCc1ccccc1)CC(=O)N2CC1CO1. The van der Waals surface area contributed by atoms with Crippen molar-refractivity contribution in [3.05, 3.63) is 42.0 Å². The van der Waals surface area contributed by atoms with Crippen molar-refractivity contribution >= 4 is 36.1 Å². The number of pyridine rings is 1. The molecule has 2 aromatic rings. The number of methoxy groups -OCH3 is 1. The molecule has 2 amide bonds. The summed E-state index contributed by atoms with van der Waals surface area (Å²) < 4.78 is 15.9. The summed E-state index contributed by atoms with van der Waals surface area (Å²) >= 11 is 4.37. The van der Waals surface area contributed by atoms with Gasteiger partial charge < -0.3 is 14.2 Å². The summed E-state index contributed by atoms with van der Waals surface area (Å²) in [6.45, 7) is 4.94. The van der Waals surface area contributed by atoms with Crippen molar-refractivity contribution in [2.45, 2.75) is 31.5 Å². The van der Waals surface area contributed by atoms with Crippen molar-refractivity contribution in [3.63, 3.8) is 0 Å². The fourth-order valence-electron chi connectivity index (χ4n) is 2.96. The molecule has 1 fully saturated rings. The standard InChI is InChI=1S/C19H19N3O5S.C2H6/c1-25-18-15(28)7-14-17(20-18)22(8-13-11-26-13)16(23)9-21(14)19(24)27-10-12-5-3-2-4-6-12;1-2/h2-7,13,28H,8-11H2,1H3;1-2H3. The molecule has 0 spiro atoms. The van der Waals surface area contributed by atoms with Gasteiger partial charge in [0.05, 0.1) is 36.9 Å². The van der Waals surface area contributed by atoms with Crippen molar-refractivity contribution in [3.8, 4) is 5.88 Å². The second-order valence-corrected chi connectivity index (χ2v) is 6.93. The van der Waals surface area contributed by atoms with Gasteiger partial charge in [-0.15, -0.1) is 12.6 Å². The molecule has 2 aliphatic heterocycles. The average Bonchev–Trinajstić information content (AvgIpc) is 3.60. The van der Waals surface area contributed by atoms with Gasteiger partial charge >= 0.3 is 6.09 Å². The molecule has 9 heteroatoms. The van der Waals surface area contributed by atoms with Crippen LogP contribution in [0.1, 0.15) is 19.4 Å². The Hall–Kier alpha value is -2.78. The highest BCUT2D eigenvalue weighted by Gasteiger charge is 2.38. The van der Waals surface area contributed by atoms with Crippen LogP contribution < -0.4 is 14.5 Å². The highest BCUT2D eigenvalue weighted by molar-refractivity contribution is 7.80. The fourth-order valence-corrected chi connectivity index (χ4v) is 3.23. The minimum Gasteiger partial charge on any atom is -0.480 e. The number of epoxide rings is 1. The summed E-state index contributed by atoms with van der Waals surface area (Å²) in [5, 5.41) is 0. The molecule has 0 saturated carbocycles. The van der Waals surface area contributed by atoms with Gasteiger partial charge in [0.1, 0.15) is 13.2 Å². The topological polar surface area (TPSA) is 84.5 Å². The van der Waals surface area contributed by atoms with Crippen LogP contribution in [-0.4, -0.2) is 49.9 Å². The molecule has 1 atom stereocenters. The molecule has 2 aliphatic rings. The van der Waals surface area contributed by atoms with Gasteiger partial charge in [0, 0.05) is 0 Å². The number of benzene rings is 1. The number of fused-ring (bicyclic) bond motifs is 1. The highest BCUT2D eigenvalue weighted by Crippen LogP contribution is 2.38. The number of nitrogens with zero attached hydrogens (tertiary/aromatic N) is 3. The van der Waals surface area contributed by atoms with Gasteiger partial charge in [0.2, 0.25) is 11.8 Å². The molecular weight excluding hydrogens is 406 g/mol. The van der Waals surface area contributed by atoms with Crippen LogP contribution >= 0.6 is 12.6 Å². The van der Waals surface area contributed by atoms with E-state index in [0.29, 0.717) is 29.6 Å². The molecule has 30 heavy (non-hydrogen) atoms. The van der Waals surface area contributed by atoms with Crippen LogP contribution in [0.2, 0.25) is 0 Å². The molecule has 1 aromatic heterocycles. The lowest BCUT2D eigenvalue weighted by molar-refractivity contribution is -0.117. The molecule has 0 N–H and O–H groups in total. The highest BCUT2D eigenvalue weighted by atomic mass is 32.1. The normalized spacial score (nSPS) is 16.9. The van der Waals surface area contributed by atoms with Crippen LogP contribution in [0.5, 0.6) is 5.88 Å². The molecule has 0 radical (unpaired) electrons. The van der Waals surface area contributed by atoms with Gasteiger partial charge in [-0.25, -0.2) is 4.79 Å². The monoisotopic (exact) mass is 431 g/mol. The number of aromatic nitrogens is 1. The molecule has 1 aromatic carbocycles. The third kappa shape index (κ3) is 4.85. The third-order valence-electron chi connectivity index (χ3n) is 4.48. The van der Waals surface area contributed by atoms with Gasteiger partial charge in [0.15, 0.2) is 5.82 Å². The summed E-state index contributed by atoms with van der Waals surface area (Å²) in [7, 11) is 1.47. The Morgan fingerprint density at radius 1 is 1.30 bits per heavy atom. The van der Waals surface area contributed by atoms with Gasteiger partial charge in [-0.2, -0.15) is 4.98 Å². The van der Waals surface area contributed by atoms with Crippen molar-refractivity contribution in [1.82, 2.24) is 4.98 Å². The average molecular weight is 432 g/mol. The van der Waals surface area contributed by atoms with E-state index in [1.54, 1.807) is 6.07 Å². The smallest absolute Gasteiger partial charge is 0.415 e. The molecule has 3 heterocycles. The second-order valence-electron chi connectivity index (χ2n) is 6.45. The Morgan fingerprint density at radius 3 is 2.63 bits per heavy atom. The summed E-state index contributed by atoms with van der Waals surface area (Å²) in [4.78, 5) is 33.1. The zero-order chi connectivity index (χ0) is 21.7. The van der Waals surface area contributed by atoms with Gasteiger partial charge in [-0.05, 0) is 11.6 Å². The second kappa shape index (κ2) is 9.82. The molecule has 1 saturated heterocycles. The molecule has 160 valence electrons. The van der Waals surface area contributed by atoms with E-state index in [0.717, 1.165) is 5.56 Å². The Balaban J connectivity index is 0.00000124. The Bertz CT molecular complexity index is 905. The van der Waals surface area contributed by atoms with E-state index in [-0.39, 0.29) is 31.0 Å². The Kier molecular flexibility index (Phi) is 7.17. The predicted molar refractivity (Wildman–Crippen MR) is 115 cm³/mol. The van der Waals surface area contributed by atoms with Crippen LogP contribution in [-0.2, 0) is 20.9 Å². The molecule has 0 bridgehead atoms. The first-order valence-corrected chi connectivity index (χ1v) is 10.2. The predicted octanol–water partition coefficient (Wildman–Crippen LogP) is 3.29. The van der Waals surface area contributed by atoms with Crippen LogP contribution in [0.25, 0.3) is 0 Å². The fraction of sp³-hybridized carbons (Fsp3) is 0.381. The lowest BCUT2D eigenvalue weighted by Gasteiger charge is -2.34. The molecule has 8 nitrogen and oxygen atoms in total. The lowest BCUT2D eigenvalue weighted by Crippen LogP contribution is -2.50. The maximum atomic E-state index is 12.7. The Labute approximate surface area is 181 Å². The minimum absolute atomic E-state index is 0.0168. The van der Waals surface area contributed by atoms with E-state index in [9.17, 15) is 9.59 Å². The van der Waals surface area contributed by atoms with E-state index < -0.39 is 6.09 Å². The van der Waals surface area contributed by atoms with E-state index in [4.69, 9.17) is 14.2 Å². The first kappa shape index (κ1) is 21.9. The molecule has 4 rings (SSSR count).